The number of rotatable bonds is 4. The quantitative estimate of drug-likeness (QED) is 0.688. The van der Waals surface area contributed by atoms with E-state index in [2.05, 4.69) is 31.4 Å². The minimum Gasteiger partial charge on any atom is -0.273 e. The van der Waals surface area contributed by atoms with Gasteiger partial charge in [0.25, 0.3) is 0 Å². The first-order chi connectivity index (χ1) is 9.13. The molecule has 0 aliphatic heterocycles. The van der Waals surface area contributed by atoms with Crippen molar-refractivity contribution in [3.8, 4) is 0 Å². The van der Waals surface area contributed by atoms with E-state index in [0.29, 0.717) is 0 Å². The third-order valence-electron chi connectivity index (χ3n) is 2.28. The topological polar surface area (TPSA) is 54.4 Å². The maximum absolute atomic E-state index is 11.6. The first-order valence-electron chi connectivity index (χ1n) is 5.62. The van der Waals surface area contributed by atoms with Crippen molar-refractivity contribution in [2.75, 3.05) is 0 Å². The summed E-state index contributed by atoms with van der Waals surface area (Å²) in [6, 6.07) is 7.65. The molecule has 4 nitrogen and oxygen atoms in total. The predicted molar refractivity (Wildman–Crippen MR) is 80.4 cm³/mol. The lowest BCUT2D eigenvalue weighted by molar-refractivity contribution is -0.120. The summed E-state index contributed by atoms with van der Waals surface area (Å²) in [5, 5.41) is 6.75. The molecule has 0 fully saturated rings. The van der Waals surface area contributed by atoms with Crippen LogP contribution >= 0.6 is 27.3 Å². The van der Waals surface area contributed by atoms with Crippen LogP contribution in [-0.4, -0.2) is 17.1 Å². The molecular weight excluding hydrogens is 326 g/mol. The SMILES string of the molecule is Cc1nc(CC(=O)NN=Cc2ccc(Br)cc2)cs1. The van der Waals surface area contributed by atoms with Crippen molar-refractivity contribution in [2.24, 2.45) is 5.10 Å². The third-order valence-corrected chi connectivity index (χ3v) is 3.63. The highest BCUT2D eigenvalue weighted by Crippen LogP contribution is 2.09. The second kappa shape index (κ2) is 6.58. The molecule has 0 aliphatic rings. The number of carbonyl (C=O) groups excluding carboxylic acids is 1. The molecule has 0 unspecified atom stereocenters. The third kappa shape index (κ3) is 4.57. The van der Waals surface area contributed by atoms with Gasteiger partial charge in [0.2, 0.25) is 5.91 Å². The van der Waals surface area contributed by atoms with Gasteiger partial charge in [-0.1, -0.05) is 28.1 Å². The Hall–Kier alpha value is -1.53. The lowest BCUT2D eigenvalue weighted by Gasteiger charge is -1.97. The van der Waals surface area contributed by atoms with Gasteiger partial charge in [0.15, 0.2) is 0 Å². The van der Waals surface area contributed by atoms with Crippen molar-refractivity contribution < 1.29 is 4.79 Å². The van der Waals surface area contributed by atoms with E-state index in [1.54, 1.807) is 6.21 Å². The second-order valence-corrected chi connectivity index (χ2v) is 5.86. The fourth-order valence-corrected chi connectivity index (χ4v) is 2.30. The van der Waals surface area contributed by atoms with Gasteiger partial charge in [0.1, 0.15) is 0 Å². The maximum atomic E-state index is 11.6. The average molecular weight is 338 g/mol. The lowest BCUT2D eigenvalue weighted by atomic mass is 10.2. The molecule has 6 heteroatoms. The van der Waals surface area contributed by atoms with Crippen LogP contribution in [0.5, 0.6) is 0 Å². The van der Waals surface area contributed by atoms with E-state index in [-0.39, 0.29) is 12.3 Å². The summed E-state index contributed by atoms with van der Waals surface area (Å²) in [4.78, 5) is 15.8. The van der Waals surface area contributed by atoms with Crippen molar-refractivity contribution in [1.82, 2.24) is 10.4 Å². The molecule has 2 aromatic rings. The smallest absolute Gasteiger partial charge is 0.246 e. The Labute approximate surface area is 123 Å². The van der Waals surface area contributed by atoms with Gasteiger partial charge in [-0.3, -0.25) is 4.79 Å². The number of halogens is 1. The number of nitrogens with one attached hydrogen (secondary N) is 1. The molecule has 98 valence electrons. The van der Waals surface area contributed by atoms with Crippen LogP contribution in [0.25, 0.3) is 0 Å². The highest BCUT2D eigenvalue weighted by molar-refractivity contribution is 9.10. The van der Waals surface area contributed by atoms with Crippen LogP contribution in [0, 0.1) is 6.92 Å². The molecule has 1 aromatic heterocycles. The maximum Gasteiger partial charge on any atom is 0.246 e. The van der Waals surface area contributed by atoms with Crippen molar-refractivity contribution in [3.05, 3.63) is 50.4 Å². The number of aryl methyl sites for hydroxylation is 1. The highest BCUT2D eigenvalue weighted by atomic mass is 79.9. The molecule has 0 saturated heterocycles. The number of nitrogens with zero attached hydrogens (tertiary/aromatic N) is 2. The minimum absolute atomic E-state index is 0.168. The first-order valence-corrected chi connectivity index (χ1v) is 7.29. The lowest BCUT2D eigenvalue weighted by Crippen LogP contribution is -2.19. The van der Waals surface area contributed by atoms with Gasteiger partial charge < -0.3 is 0 Å². The molecule has 2 rings (SSSR count). The van der Waals surface area contributed by atoms with Crippen LogP contribution in [0.2, 0.25) is 0 Å². The number of hydrogen-bond donors (Lipinski definition) is 1. The zero-order valence-electron chi connectivity index (χ0n) is 10.3. The first kappa shape index (κ1) is 13.9. The summed E-state index contributed by atoms with van der Waals surface area (Å²) in [5.74, 6) is -0.168. The molecular formula is C13H12BrN3OS. The number of thiazole rings is 1. The Bertz CT molecular complexity index is 592. The fraction of sp³-hybridized carbons (Fsp3) is 0.154. The molecule has 0 bridgehead atoms. The minimum atomic E-state index is -0.168. The summed E-state index contributed by atoms with van der Waals surface area (Å²) in [6.07, 6.45) is 1.86. The largest absolute Gasteiger partial charge is 0.273 e. The van der Waals surface area contributed by atoms with E-state index in [9.17, 15) is 4.79 Å². The predicted octanol–water partition coefficient (Wildman–Crippen LogP) is 2.91. The Morgan fingerprint density at radius 2 is 2.21 bits per heavy atom. The normalized spacial score (nSPS) is 10.8. The van der Waals surface area contributed by atoms with Gasteiger partial charge in [-0.15, -0.1) is 11.3 Å². The van der Waals surface area contributed by atoms with Gasteiger partial charge in [-0.05, 0) is 24.6 Å². The van der Waals surface area contributed by atoms with Crippen LogP contribution in [0.1, 0.15) is 16.3 Å². The highest BCUT2D eigenvalue weighted by Gasteiger charge is 2.04. The van der Waals surface area contributed by atoms with Gasteiger partial charge in [0, 0.05) is 9.85 Å². The van der Waals surface area contributed by atoms with Crippen molar-refractivity contribution in [3.63, 3.8) is 0 Å². The number of hydrazone groups is 1. The summed E-state index contributed by atoms with van der Waals surface area (Å²) >= 11 is 4.89. The fourth-order valence-electron chi connectivity index (χ4n) is 1.42. The van der Waals surface area contributed by atoms with Gasteiger partial charge in [-0.25, -0.2) is 10.4 Å². The number of amides is 1. The molecule has 19 heavy (non-hydrogen) atoms. The zero-order chi connectivity index (χ0) is 13.7. The van der Waals surface area contributed by atoms with E-state index < -0.39 is 0 Å². The van der Waals surface area contributed by atoms with Crippen molar-refractivity contribution >= 4 is 39.4 Å². The van der Waals surface area contributed by atoms with Gasteiger partial charge in [-0.2, -0.15) is 5.10 Å². The second-order valence-electron chi connectivity index (χ2n) is 3.88. The monoisotopic (exact) mass is 337 g/mol. The summed E-state index contributed by atoms with van der Waals surface area (Å²) in [7, 11) is 0. The molecule has 0 saturated carbocycles. The summed E-state index contributed by atoms with van der Waals surface area (Å²) < 4.78 is 1.01. The van der Waals surface area contributed by atoms with Crippen LogP contribution in [0.4, 0.5) is 0 Å². The Morgan fingerprint density at radius 3 is 2.84 bits per heavy atom. The van der Waals surface area contributed by atoms with Crippen LogP contribution in [0.3, 0.4) is 0 Å². The van der Waals surface area contributed by atoms with Crippen LogP contribution < -0.4 is 5.43 Å². The van der Waals surface area contributed by atoms with Crippen molar-refractivity contribution in [1.29, 1.82) is 0 Å². The van der Waals surface area contributed by atoms with E-state index in [0.717, 1.165) is 20.7 Å². The van der Waals surface area contributed by atoms with E-state index in [4.69, 9.17) is 0 Å². The Kier molecular flexibility index (Phi) is 4.81. The summed E-state index contributed by atoms with van der Waals surface area (Å²) in [5.41, 5.74) is 4.19. The Morgan fingerprint density at radius 1 is 1.47 bits per heavy atom. The van der Waals surface area contributed by atoms with E-state index >= 15 is 0 Å². The number of aromatic nitrogens is 1. The van der Waals surface area contributed by atoms with E-state index in [1.165, 1.54) is 11.3 Å². The molecule has 0 atom stereocenters. The van der Waals surface area contributed by atoms with Gasteiger partial charge in [0.05, 0.1) is 23.3 Å². The van der Waals surface area contributed by atoms with E-state index in [1.807, 2.05) is 36.6 Å². The molecule has 1 heterocycles. The molecule has 1 amide bonds. The molecule has 1 N–H and O–H groups in total. The van der Waals surface area contributed by atoms with Crippen LogP contribution in [-0.2, 0) is 11.2 Å². The molecule has 0 spiro atoms. The van der Waals surface area contributed by atoms with Crippen molar-refractivity contribution in [2.45, 2.75) is 13.3 Å². The average Bonchev–Trinajstić information content (AvgIpc) is 2.77. The number of hydrogen-bond acceptors (Lipinski definition) is 4. The molecule has 0 radical (unpaired) electrons. The Balaban J connectivity index is 1.84. The number of benzene rings is 1. The molecule has 1 aromatic carbocycles. The van der Waals surface area contributed by atoms with Gasteiger partial charge >= 0.3 is 0 Å². The number of carbonyl (C=O) groups is 1. The standard InChI is InChI=1S/C13H12BrN3OS/c1-9-16-12(8-19-9)6-13(18)17-15-7-10-2-4-11(14)5-3-10/h2-5,7-8H,6H2,1H3,(H,17,18). The zero-order valence-corrected chi connectivity index (χ0v) is 12.7. The summed E-state index contributed by atoms with van der Waals surface area (Å²) in [6.45, 7) is 1.91. The van der Waals surface area contributed by atoms with Crippen LogP contribution in [0.15, 0.2) is 39.2 Å². The molecule has 0 aliphatic carbocycles.